The number of fused-ring (bicyclic) bond motifs is 1. The first-order chi connectivity index (χ1) is 17.6. The Morgan fingerprint density at radius 1 is 0.833 bits per heavy atom. The van der Waals surface area contributed by atoms with Crippen LogP contribution in [0.4, 0.5) is 10.1 Å². The quantitative estimate of drug-likeness (QED) is 0.327. The molecular weight excluding hydrogens is 455 g/mol. The van der Waals surface area contributed by atoms with Crippen molar-refractivity contribution in [2.45, 2.75) is 13.5 Å². The van der Waals surface area contributed by atoms with Gasteiger partial charge in [-0.1, -0.05) is 30.3 Å². The number of halogens is 1. The van der Waals surface area contributed by atoms with Crippen molar-refractivity contribution in [3.63, 3.8) is 0 Å². The average Bonchev–Trinajstić information content (AvgIpc) is 2.92. The van der Waals surface area contributed by atoms with E-state index >= 15 is 0 Å². The van der Waals surface area contributed by atoms with Gasteiger partial charge in [0.15, 0.2) is 0 Å². The fraction of sp³-hybridized carbons (Fsp3) is 0.233. The molecule has 1 fully saturated rings. The SMILES string of the molecule is CCOc1ccc(C(=O)N2CCN(c3ccc(F)cc3)CC2)cc1COc1ccc2ccccc2c1. The van der Waals surface area contributed by atoms with Gasteiger partial charge in [0.2, 0.25) is 0 Å². The first-order valence-corrected chi connectivity index (χ1v) is 12.3. The first kappa shape index (κ1) is 23.7. The Kier molecular flexibility index (Phi) is 7.03. The summed E-state index contributed by atoms with van der Waals surface area (Å²) < 4.78 is 25.2. The van der Waals surface area contributed by atoms with Crippen molar-refractivity contribution in [2.75, 3.05) is 37.7 Å². The van der Waals surface area contributed by atoms with E-state index in [-0.39, 0.29) is 11.7 Å². The lowest BCUT2D eigenvalue weighted by Gasteiger charge is -2.36. The Labute approximate surface area is 210 Å². The predicted octanol–water partition coefficient (Wildman–Crippen LogP) is 5.92. The van der Waals surface area contributed by atoms with Crippen LogP contribution in [-0.2, 0) is 6.61 Å². The highest BCUT2D eigenvalue weighted by Crippen LogP contribution is 2.26. The lowest BCUT2D eigenvalue weighted by atomic mass is 10.1. The van der Waals surface area contributed by atoms with Gasteiger partial charge in [0, 0.05) is 43.0 Å². The van der Waals surface area contributed by atoms with Crippen LogP contribution in [0.5, 0.6) is 11.5 Å². The van der Waals surface area contributed by atoms with Crippen molar-refractivity contribution in [2.24, 2.45) is 0 Å². The number of anilines is 1. The average molecular weight is 485 g/mol. The number of piperazine rings is 1. The molecule has 0 spiro atoms. The molecule has 0 radical (unpaired) electrons. The molecular formula is C30H29FN2O3. The summed E-state index contributed by atoms with van der Waals surface area (Å²) in [5, 5.41) is 2.27. The summed E-state index contributed by atoms with van der Waals surface area (Å²) in [6.45, 7) is 5.37. The van der Waals surface area contributed by atoms with Crippen molar-refractivity contribution >= 4 is 22.4 Å². The number of carbonyl (C=O) groups is 1. The van der Waals surface area contributed by atoms with Gasteiger partial charge in [0.1, 0.15) is 23.9 Å². The highest BCUT2D eigenvalue weighted by Gasteiger charge is 2.23. The summed E-state index contributed by atoms with van der Waals surface area (Å²) in [6, 6.07) is 26.2. The fourth-order valence-corrected chi connectivity index (χ4v) is 4.54. The number of hydrogen-bond acceptors (Lipinski definition) is 4. The third kappa shape index (κ3) is 5.28. The summed E-state index contributed by atoms with van der Waals surface area (Å²) in [5.74, 6) is 1.23. The fourth-order valence-electron chi connectivity index (χ4n) is 4.54. The molecule has 1 heterocycles. The normalized spacial score (nSPS) is 13.6. The van der Waals surface area contributed by atoms with Crippen molar-refractivity contribution in [1.82, 2.24) is 4.90 Å². The molecule has 1 saturated heterocycles. The minimum absolute atomic E-state index is 0.0104. The smallest absolute Gasteiger partial charge is 0.253 e. The second-order valence-electron chi connectivity index (χ2n) is 8.81. The molecule has 6 heteroatoms. The van der Waals surface area contributed by atoms with Crippen LogP contribution in [0.25, 0.3) is 10.8 Å². The molecule has 1 aliphatic heterocycles. The van der Waals surface area contributed by atoms with E-state index in [0.29, 0.717) is 45.0 Å². The van der Waals surface area contributed by atoms with Gasteiger partial charge in [-0.3, -0.25) is 4.79 Å². The Hall–Kier alpha value is -4.06. The molecule has 5 nitrogen and oxygen atoms in total. The van der Waals surface area contributed by atoms with E-state index in [0.717, 1.165) is 33.5 Å². The maximum Gasteiger partial charge on any atom is 0.253 e. The maximum atomic E-state index is 13.3. The van der Waals surface area contributed by atoms with E-state index < -0.39 is 0 Å². The lowest BCUT2D eigenvalue weighted by Crippen LogP contribution is -2.48. The monoisotopic (exact) mass is 484 g/mol. The summed E-state index contributed by atoms with van der Waals surface area (Å²) in [5.41, 5.74) is 2.42. The molecule has 1 aliphatic rings. The molecule has 0 N–H and O–H groups in total. The molecule has 1 amide bonds. The zero-order valence-corrected chi connectivity index (χ0v) is 20.3. The standard InChI is InChI=1S/C30H29FN2O3/c1-2-35-29-14-8-24(19-25(29)21-36-28-13-7-22-5-3-4-6-23(22)20-28)30(34)33-17-15-32(16-18-33)27-11-9-26(31)10-12-27/h3-14,19-20H,2,15-18,21H2,1H3. The maximum absolute atomic E-state index is 13.3. The van der Waals surface area contributed by atoms with Gasteiger partial charge in [-0.25, -0.2) is 4.39 Å². The van der Waals surface area contributed by atoms with Crippen LogP contribution in [0.1, 0.15) is 22.8 Å². The molecule has 0 saturated carbocycles. The van der Waals surface area contributed by atoms with E-state index in [9.17, 15) is 9.18 Å². The number of benzene rings is 4. The number of amides is 1. The second kappa shape index (κ2) is 10.7. The van der Waals surface area contributed by atoms with Gasteiger partial charge in [-0.05, 0) is 72.3 Å². The van der Waals surface area contributed by atoms with E-state index in [1.165, 1.54) is 12.1 Å². The number of carbonyl (C=O) groups excluding carboxylic acids is 1. The molecule has 0 aliphatic carbocycles. The van der Waals surface area contributed by atoms with Gasteiger partial charge in [-0.15, -0.1) is 0 Å². The molecule has 5 rings (SSSR count). The molecule has 36 heavy (non-hydrogen) atoms. The van der Waals surface area contributed by atoms with E-state index in [1.807, 2.05) is 60.4 Å². The largest absolute Gasteiger partial charge is 0.493 e. The van der Waals surface area contributed by atoms with E-state index in [1.54, 1.807) is 12.1 Å². The van der Waals surface area contributed by atoms with Crippen LogP contribution in [0.2, 0.25) is 0 Å². The number of hydrogen-bond donors (Lipinski definition) is 0. The zero-order chi connectivity index (χ0) is 24.9. The summed E-state index contributed by atoms with van der Waals surface area (Å²) in [6.07, 6.45) is 0. The van der Waals surface area contributed by atoms with Crippen molar-refractivity contribution < 1.29 is 18.7 Å². The summed E-state index contributed by atoms with van der Waals surface area (Å²) in [4.78, 5) is 17.3. The zero-order valence-electron chi connectivity index (χ0n) is 20.3. The molecule has 0 atom stereocenters. The Morgan fingerprint density at radius 3 is 2.33 bits per heavy atom. The van der Waals surface area contributed by atoms with Gasteiger partial charge in [0.05, 0.1) is 6.61 Å². The van der Waals surface area contributed by atoms with Crippen LogP contribution in [0, 0.1) is 5.82 Å². The van der Waals surface area contributed by atoms with Crippen LogP contribution < -0.4 is 14.4 Å². The number of rotatable bonds is 7. The van der Waals surface area contributed by atoms with Gasteiger partial charge >= 0.3 is 0 Å². The molecule has 0 bridgehead atoms. The van der Waals surface area contributed by atoms with Gasteiger partial charge < -0.3 is 19.3 Å². The highest BCUT2D eigenvalue weighted by atomic mass is 19.1. The third-order valence-corrected chi connectivity index (χ3v) is 6.48. The third-order valence-electron chi connectivity index (χ3n) is 6.48. The summed E-state index contributed by atoms with van der Waals surface area (Å²) in [7, 11) is 0. The van der Waals surface area contributed by atoms with Gasteiger partial charge in [0.25, 0.3) is 5.91 Å². The molecule has 4 aromatic carbocycles. The summed E-state index contributed by atoms with van der Waals surface area (Å²) >= 11 is 0. The highest BCUT2D eigenvalue weighted by molar-refractivity contribution is 5.94. The molecule has 0 aromatic heterocycles. The van der Waals surface area contributed by atoms with Crippen molar-refractivity contribution in [3.8, 4) is 11.5 Å². The Bertz CT molecular complexity index is 1350. The minimum Gasteiger partial charge on any atom is -0.493 e. The van der Waals surface area contributed by atoms with Crippen LogP contribution in [-0.4, -0.2) is 43.6 Å². The van der Waals surface area contributed by atoms with Crippen LogP contribution in [0.15, 0.2) is 84.9 Å². The Balaban J connectivity index is 1.27. The van der Waals surface area contributed by atoms with Gasteiger partial charge in [-0.2, -0.15) is 0 Å². The second-order valence-corrected chi connectivity index (χ2v) is 8.81. The molecule has 4 aromatic rings. The van der Waals surface area contributed by atoms with Crippen LogP contribution in [0.3, 0.4) is 0 Å². The van der Waals surface area contributed by atoms with E-state index in [2.05, 4.69) is 17.0 Å². The van der Waals surface area contributed by atoms with Crippen LogP contribution >= 0.6 is 0 Å². The van der Waals surface area contributed by atoms with Crippen molar-refractivity contribution in [3.05, 3.63) is 102 Å². The number of ether oxygens (including phenoxy) is 2. The topological polar surface area (TPSA) is 42.0 Å². The Morgan fingerprint density at radius 2 is 1.58 bits per heavy atom. The van der Waals surface area contributed by atoms with E-state index in [4.69, 9.17) is 9.47 Å². The predicted molar refractivity (Wildman–Crippen MR) is 140 cm³/mol. The molecule has 0 unspecified atom stereocenters. The first-order valence-electron chi connectivity index (χ1n) is 12.3. The molecule has 184 valence electrons. The minimum atomic E-state index is -0.247. The lowest BCUT2D eigenvalue weighted by molar-refractivity contribution is 0.0746. The van der Waals surface area contributed by atoms with Crippen molar-refractivity contribution in [1.29, 1.82) is 0 Å². The number of nitrogens with zero attached hydrogens (tertiary/aromatic N) is 2.